The summed E-state index contributed by atoms with van der Waals surface area (Å²) in [6.45, 7) is 5.32. The molecule has 3 aromatic rings. The second-order valence-corrected chi connectivity index (χ2v) is 11.1. The molecule has 2 aromatic heterocycles. The van der Waals surface area contributed by atoms with E-state index < -0.39 is 16.1 Å². The van der Waals surface area contributed by atoms with Gasteiger partial charge in [-0.15, -0.1) is 0 Å². The lowest BCUT2D eigenvalue weighted by Gasteiger charge is -2.29. The van der Waals surface area contributed by atoms with Crippen molar-refractivity contribution < 1.29 is 17.9 Å². The average Bonchev–Trinajstić information content (AvgIpc) is 3.56. The van der Waals surface area contributed by atoms with Crippen LogP contribution in [-0.2, 0) is 27.9 Å². The number of nitriles is 1. The Morgan fingerprint density at radius 2 is 2.11 bits per heavy atom. The van der Waals surface area contributed by atoms with Gasteiger partial charge in [-0.05, 0) is 49.1 Å². The Morgan fingerprint density at radius 1 is 1.28 bits per heavy atom. The summed E-state index contributed by atoms with van der Waals surface area (Å²) in [6, 6.07) is 7.09. The Morgan fingerprint density at radius 3 is 2.83 bits per heavy atom. The van der Waals surface area contributed by atoms with Gasteiger partial charge in [0, 0.05) is 43.2 Å². The van der Waals surface area contributed by atoms with E-state index in [1.807, 2.05) is 32.2 Å². The SMILES string of the molecule is Cc1cc(-n2cc(CNC[C@@H](c3ccc4c(c3C)COC4=O)N3CCCS3(=O)=O)cn2)ncc1C#N. The minimum atomic E-state index is -3.37. The number of carbonyl (C=O) groups excluding carboxylic acids is 1. The molecule has 0 bridgehead atoms. The highest BCUT2D eigenvalue weighted by Crippen LogP contribution is 2.34. The first-order valence-electron chi connectivity index (χ1n) is 11.7. The molecule has 186 valence electrons. The number of cyclic esters (lactones) is 1. The third kappa shape index (κ3) is 4.39. The Labute approximate surface area is 209 Å². The highest BCUT2D eigenvalue weighted by Gasteiger charge is 2.37. The van der Waals surface area contributed by atoms with Crippen LogP contribution < -0.4 is 5.32 Å². The van der Waals surface area contributed by atoms with Gasteiger partial charge in [0.15, 0.2) is 5.82 Å². The van der Waals surface area contributed by atoms with E-state index in [1.54, 1.807) is 21.3 Å². The highest BCUT2D eigenvalue weighted by molar-refractivity contribution is 7.89. The average molecular weight is 507 g/mol. The van der Waals surface area contributed by atoms with E-state index in [2.05, 4.69) is 21.5 Å². The van der Waals surface area contributed by atoms with Gasteiger partial charge in [-0.25, -0.2) is 22.9 Å². The summed E-state index contributed by atoms with van der Waals surface area (Å²) >= 11 is 0. The highest BCUT2D eigenvalue weighted by atomic mass is 32.2. The standard InChI is InChI=1S/C25H26N6O4S/c1-16-8-24(28-12-19(16)9-26)30-14-18(11-29-30)10-27-13-23(31-6-3-7-36(31,33)34)20-4-5-21-22(17(20)2)15-35-25(21)32/h4-5,8,11-12,14,23,27H,3,6-7,10,13,15H2,1-2H3/t23-/m0/s1. The fraction of sp³-hybridized carbons (Fsp3) is 0.360. The topological polar surface area (TPSA) is 130 Å². The summed E-state index contributed by atoms with van der Waals surface area (Å²) in [5.74, 6) is 0.412. The lowest BCUT2D eigenvalue weighted by Crippen LogP contribution is -2.37. The summed E-state index contributed by atoms with van der Waals surface area (Å²) in [5.41, 5.74) is 5.39. The molecule has 0 unspecified atom stereocenters. The van der Waals surface area contributed by atoms with Gasteiger partial charge in [-0.2, -0.15) is 14.7 Å². The number of esters is 1. The summed E-state index contributed by atoms with van der Waals surface area (Å²) in [4.78, 5) is 16.3. The molecule has 1 atom stereocenters. The Balaban J connectivity index is 1.35. The Hall–Kier alpha value is -3.59. The molecule has 1 fully saturated rings. The Bertz CT molecular complexity index is 1490. The molecule has 5 rings (SSSR count). The number of rotatable bonds is 7. The molecule has 0 radical (unpaired) electrons. The first-order valence-corrected chi connectivity index (χ1v) is 13.3. The maximum Gasteiger partial charge on any atom is 0.338 e. The molecule has 1 saturated heterocycles. The second kappa shape index (κ2) is 9.46. The molecule has 1 aromatic carbocycles. The second-order valence-electron chi connectivity index (χ2n) is 9.07. The lowest BCUT2D eigenvalue weighted by molar-refractivity contribution is 0.0535. The molecule has 4 heterocycles. The van der Waals surface area contributed by atoms with Crippen molar-refractivity contribution in [1.29, 1.82) is 5.26 Å². The summed E-state index contributed by atoms with van der Waals surface area (Å²) in [7, 11) is -3.37. The summed E-state index contributed by atoms with van der Waals surface area (Å²) in [5, 5.41) is 16.9. The lowest BCUT2D eigenvalue weighted by atomic mass is 9.94. The number of aromatic nitrogens is 3. The van der Waals surface area contributed by atoms with Crippen LogP contribution in [0.5, 0.6) is 0 Å². The van der Waals surface area contributed by atoms with Crippen molar-refractivity contribution in [3.05, 3.63) is 75.7 Å². The summed E-state index contributed by atoms with van der Waals surface area (Å²) in [6.07, 6.45) is 5.70. The van der Waals surface area contributed by atoms with Crippen molar-refractivity contribution in [2.75, 3.05) is 18.8 Å². The minimum absolute atomic E-state index is 0.138. The molecule has 0 spiro atoms. The number of hydrogen-bond donors (Lipinski definition) is 1. The van der Waals surface area contributed by atoms with Gasteiger partial charge < -0.3 is 10.1 Å². The first-order chi connectivity index (χ1) is 17.3. The quantitative estimate of drug-likeness (QED) is 0.483. The van der Waals surface area contributed by atoms with Gasteiger partial charge in [0.05, 0.1) is 29.1 Å². The largest absolute Gasteiger partial charge is 0.457 e. The van der Waals surface area contributed by atoms with Crippen molar-refractivity contribution in [1.82, 2.24) is 24.4 Å². The van der Waals surface area contributed by atoms with Gasteiger partial charge in [0.25, 0.3) is 0 Å². The predicted octanol–water partition coefficient (Wildman–Crippen LogP) is 2.29. The Kier molecular flexibility index (Phi) is 6.34. The zero-order valence-electron chi connectivity index (χ0n) is 20.1. The van der Waals surface area contributed by atoms with E-state index in [9.17, 15) is 13.2 Å². The monoisotopic (exact) mass is 506 g/mol. The number of hydrogen-bond acceptors (Lipinski definition) is 8. The molecule has 1 N–H and O–H groups in total. The van der Waals surface area contributed by atoms with Gasteiger partial charge in [-0.1, -0.05) is 6.07 Å². The molecule has 2 aliphatic rings. The van der Waals surface area contributed by atoms with Crippen LogP contribution in [0.25, 0.3) is 5.82 Å². The number of fused-ring (bicyclic) bond motifs is 1. The van der Waals surface area contributed by atoms with Crippen molar-refractivity contribution in [2.45, 2.75) is 39.5 Å². The van der Waals surface area contributed by atoms with Crippen molar-refractivity contribution in [3.8, 4) is 11.9 Å². The third-order valence-electron chi connectivity index (χ3n) is 6.81. The fourth-order valence-electron chi connectivity index (χ4n) is 4.82. The van der Waals surface area contributed by atoms with Crippen LogP contribution in [0.3, 0.4) is 0 Å². The smallest absolute Gasteiger partial charge is 0.338 e. The molecule has 0 aliphatic carbocycles. The summed E-state index contributed by atoms with van der Waals surface area (Å²) < 4.78 is 34.0. The molecular weight excluding hydrogens is 480 g/mol. The van der Waals surface area contributed by atoms with Gasteiger partial charge in [-0.3, -0.25) is 0 Å². The number of pyridine rings is 1. The van der Waals surface area contributed by atoms with E-state index in [0.717, 1.165) is 27.8 Å². The van der Waals surface area contributed by atoms with Crippen LogP contribution in [0, 0.1) is 25.2 Å². The zero-order valence-corrected chi connectivity index (χ0v) is 20.9. The van der Waals surface area contributed by atoms with Gasteiger partial charge in [0.1, 0.15) is 12.7 Å². The van der Waals surface area contributed by atoms with Crippen LogP contribution in [0.2, 0.25) is 0 Å². The minimum Gasteiger partial charge on any atom is -0.457 e. The number of aryl methyl sites for hydroxylation is 1. The molecule has 11 heteroatoms. The van der Waals surface area contributed by atoms with E-state index in [4.69, 9.17) is 10.00 Å². The zero-order chi connectivity index (χ0) is 25.4. The van der Waals surface area contributed by atoms with Crippen LogP contribution >= 0.6 is 0 Å². The molecule has 36 heavy (non-hydrogen) atoms. The molecule has 10 nitrogen and oxygen atoms in total. The van der Waals surface area contributed by atoms with E-state index in [0.29, 0.717) is 43.0 Å². The molecule has 2 aliphatic heterocycles. The maximum absolute atomic E-state index is 12.8. The third-order valence-corrected chi connectivity index (χ3v) is 8.76. The number of nitrogens with one attached hydrogen (secondary N) is 1. The van der Waals surface area contributed by atoms with Crippen molar-refractivity contribution in [2.24, 2.45) is 0 Å². The number of ether oxygens (including phenoxy) is 1. The maximum atomic E-state index is 12.8. The normalized spacial score (nSPS) is 17.5. The van der Waals surface area contributed by atoms with E-state index >= 15 is 0 Å². The fourth-order valence-corrected chi connectivity index (χ4v) is 6.53. The van der Waals surface area contributed by atoms with Crippen LogP contribution in [0.4, 0.5) is 0 Å². The van der Waals surface area contributed by atoms with Crippen LogP contribution in [0.15, 0.2) is 36.8 Å². The molecule has 0 saturated carbocycles. The number of sulfonamides is 1. The van der Waals surface area contributed by atoms with Crippen LogP contribution in [0.1, 0.15) is 56.2 Å². The number of carbonyl (C=O) groups is 1. The number of nitrogens with zero attached hydrogens (tertiary/aromatic N) is 5. The van der Waals surface area contributed by atoms with Crippen molar-refractivity contribution in [3.63, 3.8) is 0 Å². The van der Waals surface area contributed by atoms with E-state index in [-0.39, 0.29) is 18.3 Å². The van der Waals surface area contributed by atoms with Gasteiger partial charge in [0.2, 0.25) is 10.0 Å². The first kappa shape index (κ1) is 24.1. The van der Waals surface area contributed by atoms with Gasteiger partial charge >= 0.3 is 5.97 Å². The number of benzene rings is 1. The predicted molar refractivity (Wildman–Crippen MR) is 131 cm³/mol. The van der Waals surface area contributed by atoms with E-state index in [1.165, 1.54) is 6.20 Å². The van der Waals surface area contributed by atoms with Crippen molar-refractivity contribution >= 4 is 16.0 Å². The molecule has 0 amide bonds. The van der Waals surface area contributed by atoms with Crippen LogP contribution in [-0.4, -0.2) is 52.3 Å². The molecular formula is C25H26N6O4S.